The van der Waals surface area contributed by atoms with E-state index in [0.717, 1.165) is 46.0 Å². The number of pyridine rings is 2. The Kier molecular flexibility index (Phi) is 10.5. The number of hydrogen-bond acceptors (Lipinski definition) is 10. The number of aromatic nitrogens is 5. The molecule has 4 aromatic carbocycles. The van der Waals surface area contributed by atoms with E-state index in [1.165, 1.54) is 0 Å². The summed E-state index contributed by atoms with van der Waals surface area (Å²) in [5.41, 5.74) is 4.40. The van der Waals surface area contributed by atoms with Crippen LogP contribution in [0.4, 0.5) is 0 Å². The first-order valence-electron chi connectivity index (χ1n) is 20.6. The first-order chi connectivity index (χ1) is 30.7. The van der Waals surface area contributed by atoms with Gasteiger partial charge in [0.25, 0.3) is 11.8 Å². The van der Waals surface area contributed by atoms with Crippen LogP contribution >= 0.6 is 23.2 Å². The molecule has 0 spiro atoms. The molecule has 15 heteroatoms. The SMILES string of the molecule is COc1cccc2c(C(=O)N3CCCC3C(=O)Cc3ccc(-c4ncc(-c5ccc6nc([C@@H]7CCCN7C(=O)c7nc(Cl)cc8c(OC)cccc78)[nH]c6c5)o4)cc3)nc(Cl)cc12. The zero-order valence-corrected chi connectivity index (χ0v) is 35.7. The highest BCUT2D eigenvalue weighted by Crippen LogP contribution is 2.37. The van der Waals surface area contributed by atoms with E-state index < -0.39 is 6.04 Å². The van der Waals surface area contributed by atoms with Crippen LogP contribution in [0.15, 0.2) is 102 Å². The Balaban J connectivity index is 0.825. The predicted molar refractivity (Wildman–Crippen MR) is 239 cm³/mol. The number of oxazole rings is 1. The summed E-state index contributed by atoms with van der Waals surface area (Å²) >= 11 is 12.8. The van der Waals surface area contributed by atoms with Crippen LogP contribution in [0, 0.1) is 0 Å². The van der Waals surface area contributed by atoms with Crippen molar-refractivity contribution in [3.63, 3.8) is 0 Å². The third kappa shape index (κ3) is 7.40. The van der Waals surface area contributed by atoms with Gasteiger partial charge in [0, 0.05) is 52.2 Å². The van der Waals surface area contributed by atoms with Crippen LogP contribution in [-0.2, 0) is 11.2 Å². The lowest BCUT2D eigenvalue weighted by Gasteiger charge is -2.24. The molecule has 1 unspecified atom stereocenters. The van der Waals surface area contributed by atoms with E-state index in [4.69, 9.17) is 42.1 Å². The summed E-state index contributed by atoms with van der Waals surface area (Å²) in [4.78, 5) is 66.9. The molecule has 2 atom stereocenters. The lowest BCUT2D eigenvalue weighted by molar-refractivity contribution is -0.122. The number of hydrogen-bond donors (Lipinski definition) is 1. The van der Waals surface area contributed by atoms with Gasteiger partial charge in [0.2, 0.25) is 5.89 Å². The number of rotatable bonds is 10. The van der Waals surface area contributed by atoms with Gasteiger partial charge in [-0.05, 0) is 85.8 Å². The van der Waals surface area contributed by atoms with Gasteiger partial charge in [-0.25, -0.2) is 19.9 Å². The maximum Gasteiger partial charge on any atom is 0.273 e. The molecule has 10 rings (SSSR count). The summed E-state index contributed by atoms with van der Waals surface area (Å²) in [5, 5.41) is 3.09. The van der Waals surface area contributed by atoms with Gasteiger partial charge in [-0.2, -0.15) is 0 Å². The van der Waals surface area contributed by atoms with Gasteiger partial charge in [0.15, 0.2) is 11.5 Å². The second-order valence-electron chi connectivity index (χ2n) is 15.7. The summed E-state index contributed by atoms with van der Waals surface area (Å²) in [6.07, 6.45) is 4.68. The molecule has 316 valence electrons. The number of Topliss-reactive ketones (excluding diaryl/α,β-unsaturated/α-hetero) is 1. The summed E-state index contributed by atoms with van der Waals surface area (Å²) in [6, 6.07) is 26.8. The number of H-pyrrole nitrogens is 1. The van der Waals surface area contributed by atoms with Gasteiger partial charge >= 0.3 is 0 Å². The smallest absolute Gasteiger partial charge is 0.273 e. The van der Waals surface area contributed by atoms with Crippen molar-refractivity contribution < 1.29 is 28.3 Å². The van der Waals surface area contributed by atoms with E-state index in [1.54, 1.807) is 49.6 Å². The van der Waals surface area contributed by atoms with Crippen molar-refractivity contribution in [2.24, 2.45) is 0 Å². The minimum atomic E-state index is -0.576. The fourth-order valence-electron chi connectivity index (χ4n) is 8.99. The van der Waals surface area contributed by atoms with Gasteiger partial charge in [0.05, 0.1) is 43.5 Å². The number of fused-ring (bicyclic) bond motifs is 3. The third-order valence-electron chi connectivity index (χ3n) is 12.0. The van der Waals surface area contributed by atoms with Crippen LogP contribution in [-0.4, -0.2) is 85.7 Å². The molecule has 4 aromatic heterocycles. The van der Waals surface area contributed by atoms with Crippen molar-refractivity contribution in [3.05, 3.63) is 130 Å². The second kappa shape index (κ2) is 16.5. The van der Waals surface area contributed by atoms with Crippen molar-refractivity contribution in [1.29, 1.82) is 0 Å². The van der Waals surface area contributed by atoms with Gasteiger partial charge in [-0.3, -0.25) is 14.4 Å². The lowest BCUT2D eigenvalue weighted by Crippen LogP contribution is -2.41. The lowest BCUT2D eigenvalue weighted by atomic mass is 10.0. The van der Waals surface area contributed by atoms with Crippen molar-refractivity contribution in [1.82, 2.24) is 34.7 Å². The largest absolute Gasteiger partial charge is 0.496 e. The molecular weight excluding hydrogens is 841 g/mol. The molecule has 2 aliphatic rings. The van der Waals surface area contributed by atoms with Gasteiger partial charge in [0.1, 0.15) is 39.0 Å². The molecule has 2 saturated heterocycles. The number of carbonyl (C=O) groups excluding carboxylic acids is 3. The van der Waals surface area contributed by atoms with E-state index in [9.17, 15) is 14.4 Å². The Bertz CT molecular complexity index is 3110. The normalized spacial score (nSPS) is 16.4. The number of halogens is 2. The first kappa shape index (κ1) is 40.3. The van der Waals surface area contributed by atoms with Crippen molar-refractivity contribution in [3.8, 4) is 34.3 Å². The maximum atomic E-state index is 14.1. The van der Waals surface area contributed by atoms with Crippen molar-refractivity contribution in [2.75, 3.05) is 27.3 Å². The van der Waals surface area contributed by atoms with E-state index in [2.05, 4.69) is 19.9 Å². The van der Waals surface area contributed by atoms with Gasteiger partial charge in [-0.1, -0.05) is 59.6 Å². The van der Waals surface area contributed by atoms with Crippen LogP contribution in [0.2, 0.25) is 10.3 Å². The summed E-state index contributed by atoms with van der Waals surface area (Å²) < 4.78 is 17.3. The van der Waals surface area contributed by atoms with Crippen molar-refractivity contribution >= 4 is 73.4 Å². The number of ether oxygens (including phenoxy) is 2. The monoisotopic (exact) mass is 879 g/mol. The number of carbonyl (C=O) groups is 3. The molecule has 8 aromatic rings. The Labute approximate surface area is 371 Å². The van der Waals surface area contributed by atoms with E-state index >= 15 is 0 Å². The molecule has 2 fully saturated rings. The summed E-state index contributed by atoms with van der Waals surface area (Å²) in [7, 11) is 3.15. The van der Waals surface area contributed by atoms with Gasteiger partial charge in [-0.15, -0.1) is 0 Å². The summed E-state index contributed by atoms with van der Waals surface area (Å²) in [6.45, 7) is 1.01. The zero-order valence-electron chi connectivity index (χ0n) is 34.2. The molecule has 13 nitrogen and oxygen atoms in total. The Morgan fingerprint density at radius 3 is 2.02 bits per heavy atom. The minimum Gasteiger partial charge on any atom is -0.496 e. The van der Waals surface area contributed by atoms with Crippen molar-refractivity contribution in [2.45, 2.75) is 44.2 Å². The Hall–Kier alpha value is -6.83. The number of ketones is 1. The van der Waals surface area contributed by atoms with Crippen LogP contribution < -0.4 is 9.47 Å². The topological polar surface area (TPSA) is 157 Å². The number of nitrogens with zero attached hydrogens (tertiary/aromatic N) is 6. The number of amides is 2. The predicted octanol–water partition coefficient (Wildman–Crippen LogP) is 9.70. The second-order valence-corrected chi connectivity index (χ2v) is 16.5. The van der Waals surface area contributed by atoms with Crippen LogP contribution in [0.5, 0.6) is 11.5 Å². The molecule has 0 radical (unpaired) electrons. The molecule has 6 heterocycles. The first-order valence-corrected chi connectivity index (χ1v) is 21.4. The molecule has 2 amide bonds. The molecule has 0 aliphatic carbocycles. The van der Waals surface area contributed by atoms with E-state index in [0.29, 0.717) is 71.1 Å². The Morgan fingerprint density at radius 1 is 0.730 bits per heavy atom. The highest BCUT2D eigenvalue weighted by molar-refractivity contribution is 6.31. The summed E-state index contributed by atoms with van der Waals surface area (Å²) in [5.74, 6) is 2.29. The number of likely N-dealkylation sites (tertiary alicyclic amines) is 2. The third-order valence-corrected chi connectivity index (χ3v) is 12.4. The zero-order chi connectivity index (χ0) is 43.4. The standard InChI is InChI=1S/C48H39Cl2N7O6/c1-61-38-11-3-7-29-31(38)23-41(49)54-43(29)47(59)56-19-5-9-35(56)37(58)21-26-13-15-27(16-14-26)46-51-25-40(63-46)28-17-18-33-34(22-28)53-45(52-33)36-10-6-20-57(36)48(60)44-30-8-4-12-39(62-2)32(30)24-42(50)55-44/h3-4,7-8,11-18,22-25,35-36H,5-6,9-10,19-21H2,1-2H3,(H,52,53)/t35?,36-/m0/s1. The van der Waals surface area contributed by atoms with E-state index in [1.807, 2.05) is 71.6 Å². The number of imidazole rings is 1. The average Bonchev–Trinajstić information content (AvgIpc) is 4.15. The quantitative estimate of drug-likeness (QED) is 0.131. The number of aromatic amines is 1. The molecular formula is C48H39Cl2N7O6. The number of nitrogens with one attached hydrogen (secondary N) is 1. The molecule has 0 bridgehead atoms. The minimum absolute atomic E-state index is 0.0479. The highest BCUT2D eigenvalue weighted by Gasteiger charge is 2.37. The van der Waals surface area contributed by atoms with Crippen LogP contribution in [0.3, 0.4) is 0 Å². The number of benzene rings is 4. The highest BCUT2D eigenvalue weighted by atomic mass is 35.5. The van der Waals surface area contributed by atoms with Crippen LogP contribution in [0.1, 0.15) is 64.1 Å². The molecule has 0 saturated carbocycles. The van der Waals surface area contributed by atoms with E-state index in [-0.39, 0.29) is 51.8 Å². The molecule has 63 heavy (non-hydrogen) atoms. The molecule has 1 N–H and O–H groups in total. The molecule has 2 aliphatic heterocycles. The van der Waals surface area contributed by atoms with Gasteiger partial charge < -0.3 is 28.7 Å². The Morgan fingerprint density at radius 2 is 1.35 bits per heavy atom. The maximum absolute atomic E-state index is 14.1. The number of methoxy groups -OCH3 is 2. The van der Waals surface area contributed by atoms with Crippen LogP contribution in [0.25, 0.3) is 55.4 Å². The average molecular weight is 881 g/mol. The fraction of sp³-hybridized carbons (Fsp3) is 0.229. The fourth-order valence-corrected chi connectivity index (χ4v) is 9.38.